The van der Waals surface area contributed by atoms with Crippen molar-refractivity contribution in [3.63, 3.8) is 0 Å². The Bertz CT molecular complexity index is 1530. The van der Waals surface area contributed by atoms with Gasteiger partial charge in [-0.05, 0) is 48.9 Å². The molecule has 0 radical (unpaired) electrons. The lowest BCUT2D eigenvalue weighted by atomic mass is 10.2. The van der Waals surface area contributed by atoms with Gasteiger partial charge in [0.2, 0.25) is 0 Å². The van der Waals surface area contributed by atoms with E-state index in [0.717, 1.165) is 16.8 Å². The Labute approximate surface area is 203 Å². The lowest BCUT2D eigenvalue weighted by Gasteiger charge is -2.14. The van der Waals surface area contributed by atoms with Crippen LogP contribution in [0.15, 0.2) is 77.1 Å². The van der Waals surface area contributed by atoms with Gasteiger partial charge >= 0.3 is 0 Å². The summed E-state index contributed by atoms with van der Waals surface area (Å²) in [4.78, 5) is 21.2. The standard InChI is InChI=1S/C23H16Cl2N6OS/c1-14-18(25)3-2-4-19(14)31-22(15-7-9-26-10-8-15)28-29-23(31)33-13-17-11-21(32)30-12-16(24)5-6-20(30)27-17/h2-12H,13H2,1H3. The number of thioether (sulfide) groups is 1. The molecule has 0 aliphatic carbocycles. The summed E-state index contributed by atoms with van der Waals surface area (Å²) in [6.45, 7) is 1.96. The molecule has 0 spiro atoms. The summed E-state index contributed by atoms with van der Waals surface area (Å²) in [6, 6.07) is 14.4. The second-order valence-corrected chi connectivity index (χ2v) is 9.00. The fraction of sp³-hybridized carbons (Fsp3) is 0.0870. The third kappa shape index (κ3) is 4.25. The number of hydrogen-bond donors (Lipinski definition) is 0. The monoisotopic (exact) mass is 494 g/mol. The number of benzene rings is 1. The van der Waals surface area contributed by atoms with Gasteiger partial charge in [0.05, 0.1) is 16.4 Å². The summed E-state index contributed by atoms with van der Waals surface area (Å²) in [6.07, 6.45) is 4.98. The highest BCUT2D eigenvalue weighted by atomic mass is 35.5. The summed E-state index contributed by atoms with van der Waals surface area (Å²) in [7, 11) is 0. The van der Waals surface area contributed by atoms with Gasteiger partial charge in [0.25, 0.3) is 5.56 Å². The van der Waals surface area contributed by atoms with E-state index in [1.54, 1.807) is 30.7 Å². The molecule has 4 aromatic heterocycles. The molecule has 0 aliphatic heterocycles. The first kappa shape index (κ1) is 21.6. The van der Waals surface area contributed by atoms with Crippen LogP contribution in [0.1, 0.15) is 11.3 Å². The van der Waals surface area contributed by atoms with Gasteiger partial charge in [-0.25, -0.2) is 4.98 Å². The second-order valence-electron chi connectivity index (χ2n) is 7.21. The minimum absolute atomic E-state index is 0.192. The van der Waals surface area contributed by atoms with E-state index in [0.29, 0.717) is 38.1 Å². The van der Waals surface area contributed by atoms with E-state index >= 15 is 0 Å². The van der Waals surface area contributed by atoms with Crippen LogP contribution in [0, 0.1) is 6.92 Å². The molecule has 0 aliphatic rings. The molecule has 7 nitrogen and oxygen atoms in total. The predicted molar refractivity (Wildman–Crippen MR) is 130 cm³/mol. The van der Waals surface area contributed by atoms with Crippen molar-refractivity contribution in [3.05, 3.63) is 98.8 Å². The summed E-state index contributed by atoms with van der Waals surface area (Å²) >= 11 is 13.9. The van der Waals surface area contributed by atoms with Crippen LogP contribution < -0.4 is 5.56 Å². The van der Waals surface area contributed by atoms with Gasteiger partial charge in [0.15, 0.2) is 11.0 Å². The Morgan fingerprint density at radius 1 is 1.03 bits per heavy atom. The van der Waals surface area contributed by atoms with Crippen molar-refractivity contribution in [1.29, 1.82) is 0 Å². The Morgan fingerprint density at radius 2 is 1.85 bits per heavy atom. The summed E-state index contributed by atoms with van der Waals surface area (Å²) in [5, 5.41) is 10.7. The van der Waals surface area contributed by atoms with E-state index in [-0.39, 0.29) is 5.56 Å². The molecule has 0 saturated carbocycles. The molecule has 0 fully saturated rings. The van der Waals surface area contributed by atoms with E-state index in [4.69, 9.17) is 23.2 Å². The average Bonchev–Trinajstić information content (AvgIpc) is 3.24. The van der Waals surface area contributed by atoms with E-state index in [9.17, 15) is 4.79 Å². The molecule has 0 N–H and O–H groups in total. The number of fused-ring (bicyclic) bond motifs is 1. The van der Waals surface area contributed by atoms with Crippen molar-refractivity contribution in [3.8, 4) is 17.1 Å². The molecule has 0 atom stereocenters. The highest BCUT2D eigenvalue weighted by molar-refractivity contribution is 7.98. The van der Waals surface area contributed by atoms with Crippen molar-refractivity contribution in [2.75, 3.05) is 0 Å². The van der Waals surface area contributed by atoms with Gasteiger partial charge in [0.1, 0.15) is 5.65 Å². The number of nitrogens with zero attached hydrogens (tertiary/aromatic N) is 6. The molecular formula is C23H16Cl2N6OS. The normalized spacial score (nSPS) is 11.2. The first-order valence-corrected chi connectivity index (χ1v) is 11.7. The van der Waals surface area contributed by atoms with Crippen LogP contribution in [-0.4, -0.2) is 29.1 Å². The van der Waals surface area contributed by atoms with E-state index < -0.39 is 0 Å². The van der Waals surface area contributed by atoms with Crippen molar-refractivity contribution in [1.82, 2.24) is 29.1 Å². The summed E-state index contributed by atoms with van der Waals surface area (Å²) in [5.74, 6) is 1.11. The second kappa shape index (κ2) is 8.97. The Kier molecular flexibility index (Phi) is 5.88. The smallest absolute Gasteiger partial charge is 0.258 e. The zero-order valence-electron chi connectivity index (χ0n) is 17.3. The van der Waals surface area contributed by atoms with Crippen molar-refractivity contribution in [2.24, 2.45) is 0 Å². The highest BCUT2D eigenvalue weighted by Gasteiger charge is 2.19. The van der Waals surface area contributed by atoms with Gasteiger partial charge in [-0.15, -0.1) is 10.2 Å². The van der Waals surface area contributed by atoms with Crippen LogP contribution >= 0.6 is 35.0 Å². The molecule has 10 heteroatoms. The van der Waals surface area contributed by atoms with Gasteiger partial charge in [-0.1, -0.05) is 41.0 Å². The van der Waals surface area contributed by atoms with Crippen LogP contribution in [0.2, 0.25) is 10.0 Å². The molecule has 0 saturated heterocycles. The first-order valence-electron chi connectivity index (χ1n) is 9.93. The molecule has 1 aromatic carbocycles. The Balaban J connectivity index is 1.56. The van der Waals surface area contributed by atoms with Gasteiger partial charge in [-0.2, -0.15) is 0 Å². The highest BCUT2D eigenvalue weighted by Crippen LogP contribution is 2.32. The third-order valence-corrected chi connectivity index (χ3v) is 6.67. The molecule has 4 heterocycles. The van der Waals surface area contributed by atoms with Crippen LogP contribution in [0.3, 0.4) is 0 Å². The zero-order chi connectivity index (χ0) is 22.9. The SMILES string of the molecule is Cc1c(Cl)cccc1-n1c(SCc2cc(=O)n3cc(Cl)ccc3n2)nnc1-c1ccncc1. The fourth-order valence-electron chi connectivity index (χ4n) is 3.45. The lowest BCUT2D eigenvalue weighted by Crippen LogP contribution is -2.15. The molecule has 0 unspecified atom stereocenters. The number of halogens is 2. The van der Waals surface area contributed by atoms with Crippen molar-refractivity contribution in [2.45, 2.75) is 17.8 Å². The maximum atomic E-state index is 12.5. The average molecular weight is 495 g/mol. The molecule has 0 bridgehead atoms. The minimum Gasteiger partial charge on any atom is -0.270 e. The summed E-state index contributed by atoms with van der Waals surface area (Å²) < 4.78 is 3.39. The van der Waals surface area contributed by atoms with Gasteiger partial charge in [0, 0.05) is 41.0 Å². The molecule has 33 heavy (non-hydrogen) atoms. The maximum Gasteiger partial charge on any atom is 0.258 e. The van der Waals surface area contributed by atoms with Crippen LogP contribution in [0.25, 0.3) is 22.7 Å². The molecule has 0 amide bonds. The van der Waals surface area contributed by atoms with Crippen LogP contribution in [-0.2, 0) is 5.75 Å². The molecular weight excluding hydrogens is 479 g/mol. The lowest BCUT2D eigenvalue weighted by molar-refractivity contribution is 0.879. The summed E-state index contributed by atoms with van der Waals surface area (Å²) in [5.41, 5.74) is 3.64. The van der Waals surface area contributed by atoms with E-state index in [2.05, 4.69) is 20.2 Å². The van der Waals surface area contributed by atoms with Crippen LogP contribution in [0.5, 0.6) is 0 Å². The molecule has 164 valence electrons. The largest absolute Gasteiger partial charge is 0.270 e. The van der Waals surface area contributed by atoms with Crippen molar-refractivity contribution >= 4 is 40.6 Å². The zero-order valence-corrected chi connectivity index (χ0v) is 19.6. The third-order valence-electron chi connectivity index (χ3n) is 5.08. The Morgan fingerprint density at radius 3 is 2.67 bits per heavy atom. The minimum atomic E-state index is -0.192. The number of rotatable bonds is 5. The number of aromatic nitrogens is 6. The van der Waals surface area contributed by atoms with Crippen LogP contribution in [0.4, 0.5) is 0 Å². The quantitative estimate of drug-likeness (QED) is 0.310. The van der Waals surface area contributed by atoms with E-state index in [1.165, 1.54) is 22.2 Å². The first-order chi connectivity index (χ1) is 16.0. The van der Waals surface area contributed by atoms with Gasteiger partial charge < -0.3 is 0 Å². The van der Waals surface area contributed by atoms with E-state index in [1.807, 2.05) is 41.8 Å². The maximum absolute atomic E-state index is 12.5. The predicted octanol–water partition coefficient (Wildman–Crippen LogP) is 5.24. The van der Waals surface area contributed by atoms with Crippen molar-refractivity contribution < 1.29 is 0 Å². The number of hydrogen-bond acceptors (Lipinski definition) is 6. The molecule has 5 rings (SSSR count). The number of pyridine rings is 2. The van der Waals surface area contributed by atoms with Gasteiger partial charge in [-0.3, -0.25) is 18.7 Å². The Hall–Kier alpha value is -3.20. The topological polar surface area (TPSA) is 78.0 Å². The fourth-order valence-corrected chi connectivity index (χ4v) is 4.61. The molecule has 5 aromatic rings.